The molecule has 3 rings (SSSR count). The van der Waals surface area contributed by atoms with Gasteiger partial charge in [-0.2, -0.15) is 0 Å². The monoisotopic (exact) mass is 358 g/mol. The number of hydrogen-bond donors (Lipinski definition) is 1. The molecule has 1 fully saturated rings. The molecule has 26 heavy (non-hydrogen) atoms. The average molecular weight is 358 g/mol. The Hall–Kier alpha value is -2.60. The normalized spacial score (nSPS) is 17.1. The minimum absolute atomic E-state index is 0.106. The molecular formula is C20H23FN2O3. The van der Waals surface area contributed by atoms with Crippen LogP contribution < -0.4 is 14.8 Å². The number of anilines is 1. The molecule has 1 heterocycles. The van der Waals surface area contributed by atoms with Crippen molar-refractivity contribution in [1.29, 1.82) is 0 Å². The van der Waals surface area contributed by atoms with E-state index in [0.29, 0.717) is 5.69 Å². The molecule has 2 aromatic carbocycles. The van der Waals surface area contributed by atoms with Crippen molar-refractivity contribution in [1.82, 2.24) is 4.90 Å². The average Bonchev–Trinajstić information content (AvgIpc) is 3.08. The minimum Gasteiger partial charge on any atom is -0.497 e. The molecule has 1 saturated heterocycles. The number of methoxy groups -OCH3 is 2. The summed E-state index contributed by atoms with van der Waals surface area (Å²) in [6.45, 7) is 1.08. The molecule has 0 spiro atoms. The van der Waals surface area contributed by atoms with Gasteiger partial charge in [-0.25, -0.2) is 4.39 Å². The second-order valence-electron chi connectivity index (χ2n) is 6.29. The van der Waals surface area contributed by atoms with Crippen molar-refractivity contribution in [3.63, 3.8) is 0 Å². The molecule has 0 aliphatic carbocycles. The summed E-state index contributed by atoms with van der Waals surface area (Å²) in [6, 6.07) is 11.8. The van der Waals surface area contributed by atoms with E-state index >= 15 is 0 Å². The summed E-state index contributed by atoms with van der Waals surface area (Å²) in [7, 11) is 3.25. The summed E-state index contributed by atoms with van der Waals surface area (Å²) >= 11 is 0. The highest BCUT2D eigenvalue weighted by Gasteiger charge is 2.29. The van der Waals surface area contributed by atoms with E-state index in [2.05, 4.69) is 10.2 Å². The van der Waals surface area contributed by atoms with E-state index in [0.717, 1.165) is 36.4 Å². The highest BCUT2D eigenvalue weighted by Crippen LogP contribution is 2.38. The Kier molecular flexibility index (Phi) is 5.73. The minimum atomic E-state index is -0.371. The molecule has 1 aliphatic rings. The highest BCUT2D eigenvalue weighted by atomic mass is 19.1. The molecule has 1 amide bonds. The molecule has 0 radical (unpaired) electrons. The first kappa shape index (κ1) is 18.2. The Balaban J connectivity index is 1.71. The van der Waals surface area contributed by atoms with Crippen LogP contribution in [0.25, 0.3) is 0 Å². The molecule has 138 valence electrons. The van der Waals surface area contributed by atoms with Crippen molar-refractivity contribution in [2.45, 2.75) is 18.9 Å². The van der Waals surface area contributed by atoms with Gasteiger partial charge in [0.15, 0.2) is 0 Å². The van der Waals surface area contributed by atoms with E-state index in [9.17, 15) is 9.18 Å². The second kappa shape index (κ2) is 8.19. The van der Waals surface area contributed by atoms with E-state index in [1.807, 2.05) is 18.2 Å². The lowest BCUT2D eigenvalue weighted by atomic mass is 10.0. The molecule has 0 unspecified atom stereocenters. The largest absolute Gasteiger partial charge is 0.497 e. The van der Waals surface area contributed by atoms with E-state index in [1.165, 1.54) is 12.1 Å². The third-order valence-corrected chi connectivity index (χ3v) is 4.62. The van der Waals surface area contributed by atoms with Crippen LogP contribution in [0.15, 0.2) is 42.5 Å². The first-order valence-electron chi connectivity index (χ1n) is 8.62. The van der Waals surface area contributed by atoms with Crippen molar-refractivity contribution < 1.29 is 18.7 Å². The number of carbonyl (C=O) groups excluding carboxylic acids is 1. The zero-order valence-corrected chi connectivity index (χ0v) is 15.0. The van der Waals surface area contributed by atoms with Gasteiger partial charge in [0.05, 0.1) is 20.8 Å². The van der Waals surface area contributed by atoms with Crippen LogP contribution in [0.2, 0.25) is 0 Å². The first-order chi connectivity index (χ1) is 12.6. The number of nitrogens with zero attached hydrogens (tertiary/aromatic N) is 1. The standard InChI is InChI=1S/C20H23FN2O3/c1-25-16-8-9-17(19(12-16)26-2)18-7-4-10-23(18)13-20(24)22-15-6-3-5-14(21)11-15/h3,5-6,8-9,11-12,18H,4,7,10,13H2,1-2H3,(H,22,24)/t18-/m1/s1. The summed E-state index contributed by atoms with van der Waals surface area (Å²) in [6.07, 6.45) is 1.96. The Morgan fingerprint density at radius 1 is 1.23 bits per heavy atom. The highest BCUT2D eigenvalue weighted by molar-refractivity contribution is 5.92. The van der Waals surface area contributed by atoms with Gasteiger partial charge in [-0.05, 0) is 43.7 Å². The molecule has 0 aromatic heterocycles. The lowest BCUT2D eigenvalue weighted by molar-refractivity contribution is -0.117. The fourth-order valence-corrected chi connectivity index (χ4v) is 3.41. The molecule has 6 heteroatoms. The van der Waals surface area contributed by atoms with Gasteiger partial charge in [-0.1, -0.05) is 12.1 Å². The maximum absolute atomic E-state index is 13.3. The van der Waals surface area contributed by atoms with Gasteiger partial charge in [0.2, 0.25) is 5.91 Å². The SMILES string of the molecule is COc1ccc([C@H]2CCCN2CC(=O)Nc2cccc(F)c2)c(OC)c1. The maximum atomic E-state index is 13.3. The number of rotatable bonds is 6. The van der Waals surface area contributed by atoms with E-state index in [1.54, 1.807) is 26.4 Å². The molecule has 1 atom stereocenters. The number of halogens is 1. The predicted molar refractivity (Wildman–Crippen MR) is 98.1 cm³/mol. The first-order valence-corrected chi connectivity index (χ1v) is 8.62. The molecule has 0 saturated carbocycles. The Labute approximate surface area is 152 Å². The van der Waals surface area contributed by atoms with Crippen LogP contribution in [0.1, 0.15) is 24.4 Å². The van der Waals surface area contributed by atoms with Gasteiger partial charge >= 0.3 is 0 Å². The van der Waals surface area contributed by atoms with Gasteiger partial charge in [0.25, 0.3) is 0 Å². The lowest BCUT2D eigenvalue weighted by Crippen LogP contribution is -2.33. The Bertz CT molecular complexity index is 781. The molecular weight excluding hydrogens is 335 g/mol. The van der Waals surface area contributed by atoms with Crippen LogP contribution in [0.5, 0.6) is 11.5 Å². The van der Waals surface area contributed by atoms with Crippen LogP contribution in [0.4, 0.5) is 10.1 Å². The number of carbonyl (C=O) groups is 1. The number of hydrogen-bond acceptors (Lipinski definition) is 4. The zero-order chi connectivity index (χ0) is 18.5. The maximum Gasteiger partial charge on any atom is 0.238 e. The lowest BCUT2D eigenvalue weighted by Gasteiger charge is -2.25. The summed E-state index contributed by atoms with van der Waals surface area (Å²) in [5.74, 6) is 0.963. The molecule has 1 N–H and O–H groups in total. The number of benzene rings is 2. The molecule has 0 bridgehead atoms. The molecule has 5 nitrogen and oxygen atoms in total. The van der Waals surface area contributed by atoms with Crippen molar-refractivity contribution in [3.8, 4) is 11.5 Å². The van der Waals surface area contributed by atoms with Crippen LogP contribution in [-0.4, -0.2) is 38.1 Å². The summed E-state index contributed by atoms with van der Waals surface area (Å²) in [5, 5.41) is 2.76. The van der Waals surface area contributed by atoms with Gasteiger partial charge in [0.1, 0.15) is 17.3 Å². The predicted octanol–water partition coefficient (Wildman–Crippen LogP) is 3.62. The topological polar surface area (TPSA) is 50.8 Å². The van der Waals surface area contributed by atoms with Gasteiger partial charge in [-0.15, -0.1) is 0 Å². The van der Waals surface area contributed by atoms with Crippen LogP contribution >= 0.6 is 0 Å². The van der Waals surface area contributed by atoms with Crippen molar-refractivity contribution >= 4 is 11.6 Å². The van der Waals surface area contributed by atoms with Crippen LogP contribution in [0.3, 0.4) is 0 Å². The third kappa shape index (κ3) is 4.14. The quantitative estimate of drug-likeness (QED) is 0.857. The zero-order valence-electron chi connectivity index (χ0n) is 15.0. The van der Waals surface area contributed by atoms with E-state index in [-0.39, 0.29) is 24.3 Å². The number of nitrogens with one attached hydrogen (secondary N) is 1. The summed E-state index contributed by atoms with van der Waals surface area (Å²) in [4.78, 5) is 14.5. The van der Waals surface area contributed by atoms with Crippen molar-refractivity contribution in [3.05, 3.63) is 53.8 Å². The Morgan fingerprint density at radius 3 is 2.81 bits per heavy atom. The third-order valence-electron chi connectivity index (χ3n) is 4.62. The fraction of sp³-hybridized carbons (Fsp3) is 0.350. The van der Waals surface area contributed by atoms with Gasteiger partial charge in [-0.3, -0.25) is 9.69 Å². The van der Waals surface area contributed by atoms with Gasteiger partial charge < -0.3 is 14.8 Å². The van der Waals surface area contributed by atoms with Crippen LogP contribution in [0, 0.1) is 5.82 Å². The smallest absolute Gasteiger partial charge is 0.238 e. The summed E-state index contributed by atoms with van der Waals surface area (Å²) < 4.78 is 24.0. The van der Waals surface area contributed by atoms with E-state index < -0.39 is 0 Å². The number of likely N-dealkylation sites (tertiary alicyclic amines) is 1. The van der Waals surface area contributed by atoms with Crippen LogP contribution in [-0.2, 0) is 4.79 Å². The fourth-order valence-electron chi connectivity index (χ4n) is 3.41. The van der Waals surface area contributed by atoms with E-state index in [4.69, 9.17) is 9.47 Å². The number of ether oxygens (including phenoxy) is 2. The summed E-state index contributed by atoms with van der Waals surface area (Å²) in [5.41, 5.74) is 1.51. The van der Waals surface area contributed by atoms with Crippen molar-refractivity contribution in [2.24, 2.45) is 0 Å². The molecule has 2 aromatic rings. The van der Waals surface area contributed by atoms with Crippen molar-refractivity contribution in [2.75, 3.05) is 32.6 Å². The number of amides is 1. The van der Waals surface area contributed by atoms with Gasteiger partial charge in [0, 0.05) is 23.4 Å². The second-order valence-corrected chi connectivity index (χ2v) is 6.29. The Morgan fingerprint density at radius 2 is 2.08 bits per heavy atom. The molecule has 1 aliphatic heterocycles.